The van der Waals surface area contributed by atoms with E-state index < -0.39 is 0 Å². The first kappa shape index (κ1) is 12.9. The van der Waals surface area contributed by atoms with Crippen molar-refractivity contribution in [1.29, 1.82) is 0 Å². The molecule has 0 atom stereocenters. The highest BCUT2D eigenvalue weighted by Gasteiger charge is 2.16. The Labute approximate surface area is 114 Å². The molecule has 18 heavy (non-hydrogen) atoms. The van der Waals surface area contributed by atoms with Crippen LogP contribution in [-0.4, -0.2) is 10.9 Å². The van der Waals surface area contributed by atoms with E-state index in [1.54, 1.807) is 32.0 Å². The zero-order chi connectivity index (χ0) is 13.3. The van der Waals surface area contributed by atoms with Gasteiger partial charge < -0.3 is 9.73 Å². The Morgan fingerprint density at radius 2 is 1.83 bits per heavy atom. The van der Waals surface area contributed by atoms with Gasteiger partial charge in [-0.1, -0.05) is 23.2 Å². The molecule has 1 N–H and O–H groups in total. The summed E-state index contributed by atoms with van der Waals surface area (Å²) in [5, 5.41) is 3.55. The van der Waals surface area contributed by atoms with Gasteiger partial charge in [0.2, 0.25) is 5.76 Å². The second kappa shape index (κ2) is 5.00. The monoisotopic (exact) mass is 284 g/mol. The van der Waals surface area contributed by atoms with E-state index in [2.05, 4.69) is 10.3 Å². The molecule has 1 aromatic carbocycles. The van der Waals surface area contributed by atoms with Crippen LogP contribution in [0.2, 0.25) is 10.0 Å². The summed E-state index contributed by atoms with van der Waals surface area (Å²) >= 11 is 11.7. The maximum Gasteiger partial charge on any atom is 0.293 e. The van der Waals surface area contributed by atoms with Gasteiger partial charge in [0.1, 0.15) is 0 Å². The van der Waals surface area contributed by atoms with E-state index in [1.807, 2.05) is 0 Å². The second-order valence-corrected chi connectivity index (χ2v) is 4.63. The van der Waals surface area contributed by atoms with Crippen molar-refractivity contribution >= 4 is 34.8 Å². The number of aryl methyl sites for hydroxylation is 2. The Bertz CT molecular complexity index is 588. The van der Waals surface area contributed by atoms with Gasteiger partial charge in [-0.25, -0.2) is 4.98 Å². The molecule has 2 aromatic rings. The molecule has 0 saturated carbocycles. The largest absolute Gasteiger partial charge is 0.436 e. The lowest BCUT2D eigenvalue weighted by molar-refractivity contribution is 0.0994. The number of aromatic nitrogens is 1. The van der Waals surface area contributed by atoms with Gasteiger partial charge in [0.05, 0.1) is 5.69 Å². The van der Waals surface area contributed by atoms with Gasteiger partial charge in [0.25, 0.3) is 5.91 Å². The third-order valence-electron chi connectivity index (χ3n) is 2.23. The molecule has 2 rings (SSSR count). The Kier molecular flexibility index (Phi) is 3.59. The van der Waals surface area contributed by atoms with Crippen molar-refractivity contribution < 1.29 is 9.21 Å². The third-order valence-corrected chi connectivity index (χ3v) is 2.67. The van der Waals surface area contributed by atoms with Gasteiger partial charge in [-0.05, 0) is 25.1 Å². The quantitative estimate of drug-likeness (QED) is 0.911. The standard InChI is InChI=1S/C12H10Cl2N2O2/c1-6-11(18-7(2)15-6)12(17)16-10-4-8(13)3-9(14)5-10/h3-5H,1-2H3,(H,16,17). The molecule has 94 valence electrons. The lowest BCUT2D eigenvalue weighted by Crippen LogP contribution is -2.12. The van der Waals surface area contributed by atoms with Crippen LogP contribution in [0, 0.1) is 13.8 Å². The average molecular weight is 285 g/mol. The van der Waals surface area contributed by atoms with Crippen molar-refractivity contribution in [3.05, 3.63) is 45.6 Å². The topological polar surface area (TPSA) is 55.1 Å². The molecule has 0 radical (unpaired) electrons. The van der Waals surface area contributed by atoms with Gasteiger partial charge >= 0.3 is 0 Å². The number of oxazole rings is 1. The number of benzene rings is 1. The van der Waals surface area contributed by atoms with Crippen molar-refractivity contribution in [3.8, 4) is 0 Å². The van der Waals surface area contributed by atoms with Crippen molar-refractivity contribution in [2.24, 2.45) is 0 Å². The number of nitrogens with one attached hydrogen (secondary N) is 1. The van der Waals surface area contributed by atoms with Crippen LogP contribution in [0.1, 0.15) is 22.1 Å². The highest BCUT2D eigenvalue weighted by atomic mass is 35.5. The van der Waals surface area contributed by atoms with Gasteiger partial charge in [-0.15, -0.1) is 0 Å². The van der Waals surface area contributed by atoms with Crippen molar-refractivity contribution in [2.75, 3.05) is 5.32 Å². The SMILES string of the molecule is Cc1nc(C)c(C(=O)Nc2cc(Cl)cc(Cl)c2)o1. The molecule has 0 saturated heterocycles. The molecule has 0 unspecified atom stereocenters. The van der Waals surface area contributed by atoms with Crippen LogP contribution in [0.3, 0.4) is 0 Å². The fourth-order valence-electron chi connectivity index (χ4n) is 1.56. The normalized spacial score (nSPS) is 10.4. The van der Waals surface area contributed by atoms with E-state index in [9.17, 15) is 4.79 Å². The Morgan fingerprint density at radius 1 is 1.22 bits per heavy atom. The van der Waals surface area contributed by atoms with Crippen molar-refractivity contribution in [3.63, 3.8) is 0 Å². The van der Waals surface area contributed by atoms with Gasteiger partial charge in [-0.3, -0.25) is 4.79 Å². The summed E-state index contributed by atoms with van der Waals surface area (Å²) in [6, 6.07) is 4.79. The number of amides is 1. The molecular formula is C12H10Cl2N2O2. The number of hydrogen-bond acceptors (Lipinski definition) is 3. The minimum atomic E-state index is -0.383. The predicted molar refractivity (Wildman–Crippen MR) is 70.4 cm³/mol. The van der Waals surface area contributed by atoms with Gasteiger partial charge in [-0.2, -0.15) is 0 Å². The Balaban J connectivity index is 2.23. The molecule has 1 amide bonds. The lowest BCUT2D eigenvalue weighted by atomic mass is 10.3. The third kappa shape index (κ3) is 2.83. The van der Waals surface area contributed by atoms with Crippen LogP contribution in [0.15, 0.2) is 22.6 Å². The predicted octanol–water partition coefficient (Wildman–Crippen LogP) is 3.85. The van der Waals surface area contributed by atoms with E-state index in [-0.39, 0.29) is 11.7 Å². The molecule has 0 aliphatic rings. The molecular weight excluding hydrogens is 275 g/mol. The maximum atomic E-state index is 11.9. The smallest absolute Gasteiger partial charge is 0.293 e. The van der Waals surface area contributed by atoms with Gasteiger partial charge in [0.15, 0.2) is 5.89 Å². The summed E-state index contributed by atoms with van der Waals surface area (Å²) in [6.07, 6.45) is 0. The van der Waals surface area contributed by atoms with Crippen LogP contribution in [-0.2, 0) is 0 Å². The summed E-state index contributed by atoms with van der Waals surface area (Å²) in [4.78, 5) is 16.0. The molecule has 0 aliphatic heterocycles. The molecule has 0 spiro atoms. The average Bonchev–Trinajstić information content (AvgIpc) is 2.56. The van der Waals surface area contributed by atoms with E-state index in [0.717, 1.165) is 0 Å². The van der Waals surface area contributed by atoms with Crippen LogP contribution >= 0.6 is 23.2 Å². The molecule has 0 fully saturated rings. The Hall–Kier alpha value is -1.52. The fraction of sp³-hybridized carbons (Fsp3) is 0.167. The van der Waals surface area contributed by atoms with Crippen LogP contribution in [0.4, 0.5) is 5.69 Å². The second-order valence-electron chi connectivity index (χ2n) is 3.76. The molecule has 1 aromatic heterocycles. The number of halogens is 2. The first-order chi connectivity index (χ1) is 8.45. The first-order valence-corrected chi connectivity index (χ1v) is 5.93. The highest BCUT2D eigenvalue weighted by Crippen LogP contribution is 2.23. The summed E-state index contributed by atoms with van der Waals surface area (Å²) in [7, 11) is 0. The van der Waals surface area contributed by atoms with Crippen molar-refractivity contribution in [2.45, 2.75) is 13.8 Å². The van der Waals surface area contributed by atoms with Crippen molar-refractivity contribution in [1.82, 2.24) is 4.98 Å². The summed E-state index contributed by atoms with van der Waals surface area (Å²) in [5.41, 5.74) is 1.05. The number of nitrogens with zero attached hydrogens (tertiary/aromatic N) is 1. The summed E-state index contributed by atoms with van der Waals surface area (Å²) in [5.74, 6) is 0.247. The molecule has 4 nitrogen and oxygen atoms in total. The van der Waals surface area contributed by atoms with E-state index in [4.69, 9.17) is 27.6 Å². The van der Waals surface area contributed by atoms with Gasteiger partial charge in [0, 0.05) is 22.7 Å². The first-order valence-electron chi connectivity index (χ1n) is 5.17. The number of rotatable bonds is 2. The number of anilines is 1. The van der Waals surface area contributed by atoms with Crippen LogP contribution < -0.4 is 5.32 Å². The van der Waals surface area contributed by atoms with Crippen LogP contribution in [0.25, 0.3) is 0 Å². The zero-order valence-corrected chi connectivity index (χ0v) is 11.3. The minimum Gasteiger partial charge on any atom is -0.436 e. The van der Waals surface area contributed by atoms with E-state index >= 15 is 0 Å². The highest BCUT2D eigenvalue weighted by molar-refractivity contribution is 6.35. The molecule has 1 heterocycles. The molecule has 6 heteroatoms. The number of carbonyl (C=O) groups excluding carboxylic acids is 1. The van der Waals surface area contributed by atoms with Crippen LogP contribution in [0.5, 0.6) is 0 Å². The Morgan fingerprint density at radius 3 is 2.33 bits per heavy atom. The van der Waals surface area contributed by atoms with E-state index in [0.29, 0.717) is 27.3 Å². The maximum absolute atomic E-state index is 11.9. The number of carbonyl (C=O) groups is 1. The van der Waals surface area contributed by atoms with E-state index in [1.165, 1.54) is 0 Å². The number of hydrogen-bond donors (Lipinski definition) is 1. The lowest BCUT2D eigenvalue weighted by Gasteiger charge is -2.04. The zero-order valence-electron chi connectivity index (χ0n) is 9.75. The molecule has 0 bridgehead atoms. The summed E-state index contributed by atoms with van der Waals surface area (Å²) in [6.45, 7) is 3.39. The minimum absolute atomic E-state index is 0.184. The molecule has 0 aliphatic carbocycles. The fourth-order valence-corrected chi connectivity index (χ4v) is 2.08. The summed E-state index contributed by atoms with van der Waals surface area (Å²) < 4.78 is 5.22.